The Morgan fingerprint density at radius 1 is 1.18 bits per heavy atom. The van der Waals surface area contributed by atoms with Gasteiger partial charge in [0.2, 0.25) is 0 Å². The number of aryl methyl sites for hydroxylation is 1. The van der Waals surface area contributed by atoms with E-state index in [4.69, 9.17) is 0 Å². The fraction of sp³-hybridized carbons (Fsp3) is 0.0833. The molecule has 86 valence electrons. The summed E-state index contributed by atoms with van der Waals surface area (Å²) in [5, 5.41) is 16.7. The molecular formula is C12H12N4O. The standard InChI is InChI=1S/C12H12N4O/c1-15-6-7-16-12(15)11(8-13-16)14-9-2-4-10(17)5-3-9/h2-8,14,17H,1H3. The van der Waals surface area contributed by atoms with Gasteiger partial charge < -0.3 is 15.0 Å². The van der Waals surface area contributed by atoms with Gasteiger partial charge in [-0.2, -0.15) is 5.10 Å². The topological polar surface area (TPSA) is 54.5 Å². The highest BCUT2D eigenvalue weighted by Crippen LogP contribution is 2.22. The van der Waals surface area contributed by atoms with Crippen LogP contribution in [-0.4, -0.2) is 19.3 Å². The van der Waals surface area contributed by atoms with E-state index in [-0.39, 0.29) is 5.75 Å². The molecule has 0 unspecified atom stereocenters. The van der Waals surface area contributed by atoms with E-state index >= 15 is 0 Å². The molecule has 0 saturated heterocycles. The molecule has 0 spiro atoms. The van der Waals surface area contributed by atoms with Crippen molar-refractivity contribution in [2.45, 2.75) is 0 Å². The number of nitrogens with one attached hydrogen (secondary N) is 1. The van der Waals surface area contributed by atoms with Crippen molar-refractivity contribution in [2.75, 3.05) is 5.32 Å². The van der Waals surface area contributed by atoms with Crippen LogP contribution in [0.15, 0.2) is 42.9 Å². The molecule has 0 radical (unpaired) electrons. The number of phenols is 1. The van der Waals surface area contributed by atoms with Crippen LogP contribution in [0.5, 0.6) is 5.75 Å². The summed E-state index contributed by atoms with van der Waals surface area (Å²) >= 11 is 0. The number of hydrogen-bond acceptors (Lipinski definition) is 3. The first kappa shape index (κ1) is 9.77. The first-order chi connectivity index (χ1) is 8.24. The number of phenolic OH excluding ortho intramolecular Hbond substituents is 1. The van der Waals surface area contributed by atoms with Crippen molar-refractivity contribution in [3.8, 4) is 5.75 Å². The number of anilines is 2. The zero-order valence-corrected chi connectivity index (χ0v) is 9.33. The molecule has 17 heavy (non-hydrogen) atoms. The number of aromatic hydroxyl groups is 1. The van der Waals surface area contributed by atoms with Crippen molar-refractivity contribution < 1.29 is 5.11 Å². The van der Waals surface area contributed by atoms with E-state index in [0.717, 1.165) is 17.0 Å². The molecule has 3 aromatic rings. The van der Waals surface area contributed by atoms with Crippen LogP contribution < -0.4 is 5.32 Å². The molecule has 5 nitrogen and oxygen atoms in total. The third-order valence-electron chi connectivity index (χ3n) is 2.68. The fourth-order valence-electron chi connectivity index (χ4n) is 1.84. The molecule has 0 fully saturated rings. The fourth-order valence-corrected chi connectivity index (χ4v) is 1.84. The van der Waals surface area contributed by atoms with Crippen LogP contribution in [0.25, 0.3) is 5.65 Å². The summed E-state index contributed by atoms with van der Waals surface area (Å²) in [4.78, 5) is 0. The van der Waals surface area contributed by atoms with Gasteiger partial charge >= 0.3 is 0 Å². The second-order valence-electron chi connectivity index (χ2n) is 3.91. The lowest BCUT2D eigenvalue weighted by Crippen LogP contribution is -1.93. The Labute approximate surface area is 97.9 Å². The maximum Gasteiger partial charge on any atom is 0.159 e. The molecule has 1 aromatic carbocycles. The Bertz CT molecular complexity index is 651. The minimum atomic E-state index is 0.259. The molecule has 0 atom stereocenters. The molecule has 0 amide bonds. The molecule has 0 aliphatic carbocycles. The molecule has 0 aliphatic heterocycles. The number of rotatable bonds is 2. The lowest BCUT2D eigenvalue weighted by atomic mass is 10.3. The Morgan fingerprint density at radius 2 is 1.94 bits per heavy atom. The van der Waals surface area contributed by atoms with Crippen LogP contribution >= 0.6 is 0 Å². The Balaban J connectivity index is 1.99. The van der Waals surface area contributed by atoms with E-state index in [2.05, 4.69) is 10.4 Å². The molecular weight excluding hydrogens is 216 g/mol. The summed E-state index contributed by atoms with van der Waals surface area (Å²) in [6.45, 7) is 0. The number of nitrogens with zero attached hydrogens (tertiary/aromatic N) is 3. The van der Waals surface area contributed by atoms with E-state index in [1.54, 1.807) is 18.3 Å². The van der Waals surface area contributed by atoms with E-state index < -0.39 is 0 Å². The quantitative estimate of drug-likeness (QED) is 0.660. The monoisotopic (exact) mass is 228 g/mol. The Hall–Kier alpha value is -2.43. The van der Waals surface area contributed by atoms with Gasteiger partial charge in [0.1, 0.15) is 11.4 Å². The second-order valence-corrected chi connectivity index (χ2v) is 3.91. The van der Waals surface area contributed by atoms with Gasteiger partial charge in [0.15, 0.2) is 5.65 Å². The van der Waals surface area contributed by atoms with Gasteiger partial charge in [-0.3, -0.25) is 0 Å². The SMILES string of the molecule is Cn1ccn2ncc(Nc3ccc(O)cc3)c12. The lowest BCUT2D eigenvalue weighted by molar-refractivity contribution is 0.475. The lowest BCUT2D eigenvalue weighted by Gasteiger charge is -2.04. The largest absolute Gasteiger partial charge is 0.508 e. The predicted molar refractivity (Wildman–Crippen MR) is 65.6 cm³/mol. The highest BCUT2D eigenvalue weighted by Gasteiger charge is 2.07. The summed E-state index contributed by atoms with van der Waals surface area (Å²) in [5.41, 5.74) is 2.85. The van der Waals surface area contributed by atoms with Crippen LogP contribution in [0.3, 0.4) is 0 Å². The Morgan fingerprint density at radius 3 is 2.71 bits per heavy atom. The summed E-state index contributed by atoms with van der Waals surface area (Å²) in [7, 11) is 1.97. The number of fused-ring (bicyclic) bond motifs is 1. The van der Waals surface area contributed by atoms with Gasteiger partial charge in [-0.05, 0) is 24.3 Å². The summed E-state index contributed by atoms with van der Waals surface area (Å²) < 4.78 is 3.80. The summed E-state index contributed by atoms with van der Waals surface area (Å²) in [6.07, 6.45) is 5.63. The zero-order valence-electron chi connectivity index (χ0n) is 9.33. The zero-order chi connectivity index (χ0) is 11.8. The summed E-state index contributed by atoms with van der Waals surface area (Å²) in [5.74, 6) is 0.259. The van der Waals surface area contributed by atoms with Crippen molar-refractivity contribution >= 4 is 17.0 Å². The van der Waals surface area contributed by atoms with Gasteiger partial charge in [0, 0.05) is 25.1 Å². The van der Waals surface area contributed by atoms with Gasteiger partial charge in [-0.25, -0.2) is 4.52 Å². The predicted octanol–water partition coefficient (Wildman–Crippen LogP) is 2.12. The molecule has 0 aliphatic rings. The molecule has 2 N–H and O–H groups in total. The first-order valence-electron chi connectivity index (χ1n) is 5.29. The highest BCUT2D eigenvalue weighted by molar-refractivity contribution is 5.73. The van der Waals surface area contributed by atoms with Crippen molar-refractivity contribution in [3.05, 3.63) is 42.9 Å². The highest BCUT2D eigenvalue weighted by atomic mass is 16.3. The van der Waals surface area contributed by atoms with Crippen LogP contribution in [0.4, 0.5) is 11.4 Å². The van der Waals surface area contributed by atoms with Crippen molar-refractivity contribution in [2.24, 2.45) is 7.05 Å². The second kappa shape index (κ2) is 3.55. The van der Waals surface area contributed by atoms with E-state index in [1.165, 1.54) is 0 Å². The first-order valence-corrected chi connectivity index (χ1v) is 5.29. The van der Waals surface area contributed by atoms with Gasteiger partial charge in [-0.15, -0.1) is 0 Å². The van der Waals surface area contributed by atoms with Gasteiger partial charge in [-0.1, -0.05) is 0 Å². The number of imidazole rings is 1. The van der Waals surface area contributed by atoms with E-state index in [1.807, 2.05) is 40.7 Å². The van der Waals surface area contributed by atoms with Gasteiger partial charge in [0.05, 0.1) is 6.20 Å². The van der Waals surface area contributed by atoms with Crippen LogP contribution in [0.1, 0.15) is 0 Å². The molecule has 3 rings (SSSR count). The average Bonchev–Trinajstić information content (AvgIpc) is 2.87. The minimum Gasteiger partial charge on any atom is -0.508 e. The van der Waals surface area contributed by atoms with Crippen LogP contribution in [-0.2, 0) is 7.05 Å². The maximum atomic E-state index is 9.22. The number of benzene rings is 1. The molecule has 0 bridgehead atoms. The normalized spacial score (nSPS) is 10.9. The average molecular weight is 228 g/mol. The number of hydrogen-bond donors (Lipinski definition) is 2. The minimum absolute atomic E-state index is 0.259. The van der Waals surface area contributed by atoms with Crippen molar-refractivity contribution in [1.29, 1.82) is 0 Å². The third kappa shape index (κ3) is 1.61. The van der Waals surface area contributed by atoms with Crippen molar-refractivity contribution in [1.82, 2.24) is 14.2 Å². The molecule has 0 saturated carbocycles. The van der Waals surface area contributed by atoms with E-state index in [9.17, 15) is 5.11 Å². The smallest absolute Gasteiger partial charge is 0.159 e. The molecule has 2 heterocycles. The van der Waals surface area contributed by atoms with Crippen LogP contribution in [0, 0.1) is 0 Å². The summed E-state index contributed by atoms with van der Waals surface area (Å²) in [6, 6.07) is 6.94. The maximum absolute atomic E-state index is 9.22. The molecule has 5 heteroatoms. The van der Waals surface area contributed by atoms with E-state index in [0.29, 0.717) is 0 Å². The Kier molecular flexibility index (Phi) is 2.04. The van der Waals surface area contributed by atoms with Gasteiger partial charge in [0.25, 0.3) is 0 Å². The number of aromatic nitrogens is 3. The van der Waals surface area contributed by atoms with Crippen LogP contribution in [0.2, 0.25) is 0 Å². The third-order valence-corrected chi connectivity index (χ3v) is 2.68. The van der Waals surface area contributed by atoms with Crippen molar-refractivity contribution in [3.63, 3.8) is 0 Å². The molecule has 2 aromatic heterocycles.